The van der Waals surface area contributed by atoms with E-state index in [1.165, 1.54) is 6.07 Å². The number of esters is 1. The lowest BCUT2D eigenvalue weighted by atomic mass is 10.1. The maximum atomic E-state index is 13.2. The Balaban J connectivity index is 0.579. The first-order valence-corrected chi connectivity index (χ1v) is 27.1. The molecule has 22 heteroatoms. The molecule has 2 aliphatic heterocycles. The number of rotatable bonds is 27. The van der Waals surface area contributed by atoms with E-state index < -0.39 is 11.6 Å². The van der Waals surface area contributed by atoms with Gasteiger partial charge < -0.3 is 57.1 Å². The Morgan fingerprint density at radius 2 is 1.58 bits per heavy atom. The normalized spacial score (nSPS) is 16.1. The molecule has 0 saturated carbocycles. The average Bonchev–Trinajstić information content (AvgIpc) is 4.30. The molecule has 3 aromatic carbocycles. The minimum absolute atomic E-state index is 0.00901. The van der Waals surface area contributed by atoms with E-state index in [4.69, 9.17) is 37.6 Å². The third-order valence-corrected chi connectivity index (χ3v) is 13.9. The van der Waals surface area contributed by atoms with Gasteiger partial charge in [0.15, 0.2) is 17.1 Å². The number of fused-ring (bicyclic) bond motifs is 2. The molecule has 0 bridgehead atoms. The van der Waals surface area contributed by atoms with Crippen LogP contribution in [0.1, 0.15) is 36.5 Å². The number of para-hydroxylation sites is 1. The number of carbonyl (C=O) groups excluding carboxylic acids is 1. The predicted molar refractivity (Wildman–Crippen MR) is 299 cm³/mol. The highest BCUT2D eigenvalue weighted by atomic mass is 32.2. The molecule has 9 rings (SSSR count). The SMILES string of the molecule is CCOC(=O)C1=C(O)/C(=C/c2ccc(OCCOCCn3cc(COCCOCCOCCOCCN4CCN(c5ccc6cc(-c7cn8cc(C)nc(C)c8n7)c(=O)oc6c5)CC4C)nn3)c(O)c2)SC1=Nc1ccccc1. The molecule has 0 aliphatic carbocycles. The standard InChI is InChI=1S/C57H65N9O12S/c1-5-76-57(70)52-53(68)51(79-55(52)59-43-9-7-6-8-10-43)30-41-11-14-49(48(67)29-41)77-28-27-72-20-18-66-35-44(61-62-66)37-75-26-25-74-24-23-73-22-21-71-19-17-63-15-16-64(34-39(63)3)45-13-12-42-31-46(56(69)78-50(42)32-45)47-36-65-33-38(2)58-40(4)54(65)60-47/h6-14,29-33,35-36,39,67-68H,5,15-28,34,37H2,1-4H3/b51-30-,59-55?. The molecule has 2 aliphatic rings. The van der Waals surface area contributed by atoms with Crippen LogP contribution in [-0.4, -0.2) is 160 Å². The number of piperazine rings is 1. The van der Waals surface area contributed by atoms with Gasteiger partial charge in [0.25, 0.3) is 0 Å². The quantitative estimate of drug-likeness (QED) is 0.0289. The number of imidazole rings is 1. The number of aliphatic imine (C=N–C) groups is 1. The van der Waals surface area contributed by atoms with Crippen molar-refractivity contribution in [3.8, 4) is 22.8 Å². The monoisotopic (exact) mass is 1100 g/mol. The Labute approximate surface area is 461 Å². The van der Waals surface area contributed by atoms with Gasteiger partial charge in [0.1, 0.15) is 34.3 Å². The molecule has 416 valence electrons. The number of aromatic nitrogens is 6. The number of anilines is 1. The van der Waals surface area contributed by atoms with Crippen LogP contribution in [0.4, 0.5) is 11.4 Å². The number of phenolic OH excluding ortho intramolecular Hbond substituents is 1. The third kappa shape index (κ3) is 15.0. The number of ether oxygens (including phenoxy) is 7. The Morgan fingerprint density at radius 1 is 0.835 bits per heavy atom. The van der Waals surface area contributed by atoms with Crippen molar-refractivity contribution >= 4 is 56.8 Å². The summed E-state index contributed by atoms with van der Waals surface area (Å²) in [6.45, 7) is 16.2. The topological polar surface area (TPSA) is 232 Å². The molecule has 2 N–H and O–H groups in total. The molecule has 79 heavy (non-hydrogen) atoms. The molecule has 0 radical (unpaired) electrons. The van der Waals surface area contributed by atoms with Crippen molar-refractivity contribution in [1.82, 2.24) is 34.3 Å². The van der Waals surface area contributed by atoms with Crippen molar-refractivity contribution in [3.05, 3.63) is 141 Å². The highest BCUT2D eigenvalue weighted by Crippen LogP contribution is 2.41. The van der Waals surface area contributed by atoms with Crippen LogP contribution in [0.15, 0.2) is 122 Å². The van der Waals surface area contributed by atoms with Gasteiger partial charge in [0, 0.05) is 61.8 Å². The number of aliphatic hydroxyl groups excluding tert-OH is 1. The van der Waals surface area contributed by atoms with Crippen molar-refractivity contribution in [3.63, 3.8) is 0 Å². The number of phenols is 1. The van der Waals surface area contributed by atoms with E-state index in [9.17, 15) is 19.8 Å². The zero-order valence-electron chi connectivity index (χ0n) is 44.7. The van der Waals surface area contributed by atoms with Gasteiger partial charge in [0.2, 0.25) is 0 Å². The predicted octanol–water partition coefficient (Wildman–Crippen LogP) is 7.48. The number of aliphatic hydroxyl groups is 1. The smallest absolute Gasteiger partial charge is 0.345 e. The molecular weight excluding hydrogens is 1030 g/mol. The largest absolute Gasteiger partial charge is 0.506 e. The number of thioether (sulfide) groups is 1. The second-order valence-corrected chi connectivity index (χ2v) is 19.7. The molecule has 1 atom stereocenters. The summed E-state index contributed by atoms with van der Waals surface area (Å²) in [6, 6.07) is 22.2. The number of aryl methyl sites for hydroxylation is 2. The van der Waals surface area contributed by atoms with Gasteiger partial charge in [-0.15, -0.1) is 5.10 Å². The number of carbonyl (C=O) groups is 1. The highest BCUT2D eigenvalue weighted by Gasteiger charge is 2.33. The van der Waals surface area contributed by atoms with Crippen molar-refractivity contribution in [2.45, 2.75) is 46.9 Å². The van der Waals surface area contributed by atoms with Gasteiger partial charge in [-0.3, -0.25) is 9.88 Å². The van der Waals surface area contributed by atoms with E-state index in [0.717, 1.165) is 60.4 Å². The minimum Gasteiger partial charge on any atom is -0.506 e. The number of benzene rings is 3. The summed E-state index contributed by atoms with van der Waals surface area (Å²) >= 11 is 1.14. The molecule has 21 nitrogen and oxygen atoms in total. The van der Waals surface area contributed by atoms with Crippen LogP contribution in [-0.2, 0) is 46.4 Å². The van der Waals surface area contributed by atoms with Gasteiger partial charge in [0.05, 0.1) is 119 Å². The lowest BCUT2D eigenvalue weighted by Crippen LogP contribution is -2.52. The number of aromatic hydroxyl groups is 1. The fourth-order valence-electron chi connectivity index (χ4n) is 8.98. The van der Waals surface area contributed by atoms with E-state index in [2.05, 4.69) is 48.1 Å². The summed E-state index contributed by atoms with van der Waals surface area (Å²) in [5.41, 5.74) is 6.41. The summed E-state index contributed by atoms with van der Waals surface area (Å²) in [6.07, 6.45) is 7.19. The molecule has 1 saturated heterocycles. The molecule has 1 unspecified atom stereocenters. The summed E-state index contributed by atoms with van der Waals surface area (Å²) in [5, 5.41) is 31.2. The maximum Gasteiger partial charge on any atom is 0.345 e. The summed E-state index contributed by atoms with van der Waals surface area (Å²) < 4.78 is 49.0. The minimum atomic E-state index is -0.669. The van der Waals surface area contributed by atoms with E-state index >= 15 is 0 Å². The van der Waals surface area contributed by atoms with Gasteiger partial charge in [-0.2, -0.15) is 0 Å². The Hall–Kier alpha value is -7.44. The molecule has 0 amide bonds. The molecule has 7 aromatic rings. The number of hydrogen-bond donors (Lipinski definition) is 2. The Morgan fingerprint density at radius 3 is 2.34 bits per heavy atom. The Bertz CT molecular complexity index is 3360. The molecule has 1 fully saturated rings. The fourth-order valence-corrected chi connectivity index (χ4v) is 10.0. The summed E-state index contributed by atoms with van der Waals surface area (Å²) in [4.78, 5) is 44.8. The van der Waals surface area contributed by atoms with Crippen LogP contribution < -0.4 is 15.3 Å². The number of hydrogen-bond acceptors (Lipinski definition) is 20. The highest BCUT2D eigenvalue weighted by molar-refractivity contribution is 8.18. The van der Waals surface area contributed by atoms with Crippen molar-refractivity contribution in [1.29, 1.82) is 0 Å². The van der Waals surface area contributed by atoms with Crippen LogP contribution in [0.2, 0.25) is 0 Å². The van der Waals surface area contributed by atoms with E-state index in [-0.39, 0.29) is 42.7 Å². The first kappa shape index (κ1) is 56.3. The summed E-state index contributed by atoms with van der Waals surface area (Å²) in [7, 11) is 0. The fraction of sp³-hybridized carbons (Fsp3) is 0.386. The second-order valence-electron chi connectivity index (χ2n) is 18.7. The van der Waals surface area contributed by atoms with Crippen LogP contribution in [0.3, 0.4) is 0 Å². The third-order valence-electron chi connectivity index (χ3n) is 12.9. The lowest BCUT2D eigenvalue weighted by molar-refractivity contribution is -0.138. The van der Waals surface area contributed by atoms with Crippen molar-refractivity contribution < 1.29 is 52.6 Å². The molecular formula is C57H65N9O12S. The molecule has 4 aromatic heterocycles. The number of nitrogens with zero attached hydrogens (tertiary/aromatic N) is 9. The summed E-state index contributed by atoms with van der Waals surface area (Å²) in [5.74, 6) is -0.731. The zero-order valence-corrected chi connectivity index (χ0v) is 45.6. The first-order valence-electron chi connectivity index (χ1n) is 26.3. The van der Waals surface area contributed by atoms with Gasteiger partial charge in [-0.25, -0.2) is 24.2 Å². The van der Waals surface area contributed by atoms with Crippen molar-refractivity contribution in [2.75, 3.05) is 104 Å². The van der Waals surface area contributed by atoms with Crippen LogP contribution in [0, 0.1) is 13.8 Å². The van der Waals surface area contributed by atoms with Gasteiger partial charge in [-0.05, 0) is 81.8 Å². The molecule has 0 spiro atoms. The average molecular weight is 1100 g/mol. The van der Waals surface area contributed by atoms with E-state index in [0.29, 0.717) is 121 Å². The Kier molecular flexibility index (Phi) is 19.5. The van der Waals surface area contributed by atoms with E-state index in [1.54, 1.807) is 48.1 Å². The lowest BCUT2D eigenvalue weighted by Gasteiger charge is -2.41. The van der Waals surface area contributed by atoms with Crippen LogP contribution >= 0.6 is 11.8 Å². The zero-order chi connectivity index (χ0) is 55.1. The van der Waals surface area contributed by atoms with Gasteiger partial charge in [-0.1, -0.05) is 41.2 Å². The maximum absolute atomic E-state index is 13.2. The van der Waals surface area contributed by atoms with Crippen molar-refractivity contribution in [2.24, 2.45) is 4.99 Å². The van der Waals surface area contributed by atoms with E-state index in [1.807, 2.05) is 67.0 Å². The second kappa shape index (κ2) is 27.4. The van der Waals surface area contributed by atoms with Crippen LogP contribution in [0.25, 0.3) is 33.9 Å². The van der Waals surface area contributed by atoms with Gasteiger partial charge >= 0.3 is 11.6 Å². The molecule has 6 heterocycles. The first-order chi connectivity index (χ1) is 38.5. The van der Waals surface area contributed by atoms with Crippen LogP contribution in [0.5, 0.6) is 11.5 Å².